The molecule has 0 spiro atoms. The first kappa shape index (κ1) is 16.0. The summed E-state index contributed by atoms with van der Waals surface area (Å²) in [6, 6.07) is 0.156. The molecule has 8 heteroatoms. The van der Waals surface area contributed by atoms with E-state index in [0.717, 1.165) is 23.9 Å². The highest BCUT2D eigenvalue weighted by molar-refractivity contribution is 9.10. The van der Waals surface area contributed by atoms with Gasteiger partial charge in [0.2, 0.25) is 0 Å². The first-order chi connectivity index (χ1) is 10.1. The Balaban J connectivity index is 2.17. The van der Waals surface area contributed by atoms with Crippen molar-refractivity contribution in [1.82, 2.24) is 9.78 Å². The lowest BCUT2D eigenvalue weighted by Crippen LogP contribution is -2.32. The van der Waals surface area contributed by atoms with Gasteiger partial charge in [-0.2, -0.15) is 5.10 Å². The molecule has 7 nitrogen and oxygen atoms in total. The molecule has 1 aliphatic carbocycles. The van der Waals surface area contributed by atoms with E-state index in [9.17, 15) is 9.59 Å². The van der Waals surface area contributed by atoms with E-state index in [-0.39, 0.29) is 24.2 Å². The summed E-state index contributed by atoms with van der Waals surface area (Å²) in [7, 11) is 2.95. The molecule has 1 aromatic rings. The molecule has 0 amide bonds. The lowest BCUT2D eigenvalue weighted by molar-refractivity contribution is -0.141. The smallest absolute Gasteiger partial charge is 0.327 e. The fraction of sp³-hybridized carbons (Fsp3) is 0.615. The molecule has 2 rings (SSSR count). The van der Waals surface area contributed by atoms with Crippen molar-refractivity contribution < 1.29 is 14.3 Å². The average Bonchev–Trinajstić information content (AvgIpc) is 2.94. The Labute approximate surface area is 130 Å². The molecule has 2 unspecified atom stereocenters. The maximum Gasteiger partial charge on any atom is 0.327 e. The second-order valence-electron chi connectivity index (χ2n) is 4.87. The second-order valence-corrected chi connectivity index (χ2v) is 5.66. The Morgan fingerprint density at radius 2 is 2.29 bits per heavy atom. The fourth-order valence-electron chi connectivity index (χ4n) is 2.44. The third kappa shape index (κ3) is 3.62. The Kier molecular flexibility index (Phi) is 5.35. The lowest BCUT2D eigenvalue weighted by atomic mass is 10.2. The van der Waals surface area contributed by atoms with E-state index in [4.69, 9.17) is 4.74 Å². The van der Waals surface area contributed by atoms with Crippen molar-refractivity contribution in [2.45, 2.75) is 38.0 Å². The van der Waals surface area contributed by atoms with Crippen LogP contribution < -0.4 is 10.9 Å². The first-order valence-corrected chi connectivity index (χ1v) is 7.48. The monoisotopic (exact) mass is 359 g/mol. The zero-order chi connectivity index (χ0) is 15.4. The molecular weight excluding hydrogens is 342 g/mol. The SMILES string of the molecule is COC(=O)Cn1ncc(NC2CCCC2OC)c(Br)c1=O. The van der Waals surface area contributed by atoms with Crippen molar-refractivity contribution in [2.75, 3.05) is 19.5 Å². The molecule has 0 aromatic carbocycles. The predicted molar refractivity (Wildman–Crippen MR) is 80.3 cm³/mol. The fourth-order valence-corrected chi connectivity index (χ4v) is 2.86. The maximum atomic E-state index is 12.1. The summed E-state index contributed by atoms with van der Waals surface area (Å²) in [5.41, 5.74) is 0.229. The topological polar surface area (TPSA) is 82.5 Å². The van der Waals surface area contributed by atoms with Crippen molar-refractivity contribution >= 4 is 27.6 Å². The second kappa shape index (κ2) is 7.04. The molecule has 2 atom stereocenters. The number of anilines is 1. The summed E-state index contributed by atoms with van der Waals surface area (Å²) >= 11 is 3.26. The molecule has 1 saturated carbocycles. The summed E-state index contributed by atoms with van der Waals surface area (Å²) < 4.78 is 11.4. The van der Waals surface area contributed by atoms with Crippen LogP contribution in [0.3, 0.4) is 0 Å². The third-order valence-corrected chi connectivity index (χ3v) is 4.35. The zero-order valence-electron chi connectivity index (χ0n) is 12.0. The number of hydrogen-bond acceptors (Lipinski definition) is 6. The van der Waals surface area contributed by atoms with Gasteiger partial charge in [0.05, 0.1) is 31.1 Å². The normalized spacial score (nSPS) is 21.3. The zero-order valence-corrected chi connectivity index (χ0v) is 13.6. The Morgan fingerprint density at radius 1 is 1.52 bits per heavy atom. The number of carbonyl (C=O) groups excluding carboxylic acids is 1. The number of aromatic nitrogens is 2. The van der Waals surface area contributed by atoms with Gasteiger partial charge < -0.3 is 14.8 Å². The Bertz CT molecular complexity index is 575. The van der Waals surface area contributed by atoms with E-state index in [1.165, 1.54) is 13.3 Å². The van der Waals surface area contributed by atoms with Gasteiger partial charge in [-0.25, -0.2) is 4.68 Å². The minimum absolute atomic E-state index is 0.134. The summed E-state index contributed by atoms with van der Waals surface area (Å²) in [6.45, 7) is -0.210. The summed E-state index contributed by atoms with van der Waals surface area (Å²) in [5, 5.41) is 7.27. The van der Waals surface area contributed by atoms with Gasteiger partial charge in [0, 0.05) is 7.11 Å². The van der Waals surface area contributed by atoms with Crippen LogP contribution in [0.1, 0.15) is 19.3 Å². The van der Waals surface area contributed by atoms with Gasteiger partial charge in [-0.3, -0.25) is 9.59 Å². The predicted octanol–water partition coefficient (Wildman–Crippen LogP) is 1.16. The van der Waals surface area contributed by atoms with Gasteiger partial charge >= 0.3 is 5.97 Å². The van der Waals surface area contributed by atoms with Gasteiger partial charge in [0.1, 0.15) is 11.0 Å². The number of rotatable bonds is 5. The van der Waals surface area contributed by atoms with Crippen molar-refractivity contribution in [1.29, 1.82) is 0 Å². The molecule has 1 heterocycles. The highest BCUT2D eigenvalue weighted by Gasteiger charge is 2.27. The maximum absolute atomic E-state index is 12.1. The van der Waals surface area contributed by atoms with Crippen LogP contribution in [0, 0.1) is 0 Å². The van der Waals surface area contributed by atoms with Crippen LogP contribution in [0.5, 0.6) is 0 Å². The minimum atomic E-state index is -0.521. The van der Waals surface area contributed by atoms with Gasteiger partial charge in [0.25, 0.3) is 5.56 Å². The van der Waals surface area contributed by atoms with Crippen LogP contribution in [0.15, 0.2) is 15.5 Å². The number of halogens is 1. The van der Waals surface area contributed by atoms with Crippen LogP contribution in [-0.2, 0) is 20.8 Å². The Hall–Kier alpha value is -1.41. The number of nitrogens with zero attached hydrogens (tertiary/aromatic N) is 2. The summed E-state index contributed by atoms with van der Waals surface area (Å²) in [6.07, 6.45) is 4.73. The van der Waals surface area contributed by atoms with Crippen LogP contribution in [0.4, 0.5) is 5.69 Å². The first-order valence-electron chi connectivity index (χ1n) is 6.68. The van der Waals surface area contributed by atoms with Crippen molar-refractivity contribution in [3.63, 3.8) is 0 Å². The lowest BCUT2D eigenvalue weighted by Gasteiger charge is -2.21. The number of carbonyl (C=O) groups is 1. The van der Waals surface area contributed by atoms with E-state index in [1.54, 1.807) is 7.11 Å². The molecule has 116 valence electrons. The van der Waals surface area contributed by atoms with Crippen molar-refractivity contribution in [3.8, 4) is 0 Å². The largest absolute Gasteiger partial charge is 0.468 e. The van der Waals surface area contributed by atoms with E-state index < -0.39 is 5.97 Å². The Morgan fingerprint density at radius 3 is 2.95 bits per heavy atom. The van der Waals surface area contributed by atoms with Gasteiger partial charge in [-0.05, 0) is 35.2 Å². The minimum Gasteiger partial charge on any atom is -0.468 e. The molecule has 0 saturated heterocycles. The van der Waals surface area contributed by atoms with Gasteiger partial charge in [0.15, 0.2) is 0 Å². The van der Waals surface area contributed by atoms with Crippen molar-refractivity contribution in [2.24, 2.45) is 0 Å². The highest BCUT2D eigenvalue weighted by Crippen LogP contribution is 2.27. The van der Waals surface area contributed by atoms with Crippen LogP contribution >= 0.6 is 15.9 Å². The van der Waals surface area contributed by atoms with E-state index >= 15 is 0 Å². The van der Waals surface area contributed by atoms with Crippen LogP contribution in [0.2, 0.25) is 0 Å². The number of hydrogen-bond donors (Lipinski definition) is 1. The number of ether oxygens (including phenoxy) is 2. The molecule has 0 aliphatic heterocycles. The summed E-state index contributed by atoms with van der Waals surface area (Å²) in [4.78, 5) is 23.4. The van der Waals surface area contributed by atoms with Crippen molar-refractivity contribution in [3.05, 3.63) is 21.0 Å². The van der Waals surface area contributed by atoms with Gasteiger partial charge in [-0.15, -0.1) is 0 Å². The molecule has 21 heavy (non-hydrogen) atoms. The quantitative estimate of drug-likeness (QED) is 0.794. The molecular formula is C13H18BrN3O4. The standard InChI is InChI=1S/C13H18BrN3O4/c1-20-10-5-3-4-8(10)16-9-6-15-17(7-11(18)21-2)13(19)12(9)14/h6,8,10,16H,3-5,7H2,1-2H3. The van der Waals surface area contributed by atoms with E-state index in [2.05, 4.69) is 31.1 Å². The molecule has 1 N–H and O–H groups in total. The van der Waals surface area contributed by atoms with Gasteiger partial charge in [-0.1, -0.05) is 0 Å². The number of nitrogens with one attached hydrogen (secondary N) is 1. The molecule has 0 bridgehead atoms. The molecule has 1 fully saturated rings. The molecule has 1 aromatic heterocycles. The van der Waals surface area contributed by atoms with E-state index in [1.807, 2.05) is 0 Å². The van der Waals surface area contributed by atoms with Crippen LogP contribution in [0.25, 0.3) is 0 Å². The molecule has 0 radical (unpaired) electrons. The third-order valence-electron chi connectivity index (χ3n) is 3.59. The summed E-state index contributed by atoms with van der Waals surface area (Å²) in [5.74, 6) is -0.521. The number of esters is 1. The van der Waals surface area contributed by atoms with E-state index in [0.29, 0.717) is 10.2 Å². The highest BCUT2D eigenvalue weighted by atomic mass is 79.9. The average molecular weight is 360 g/mol. The molecule has 1 aliphatic rings. The van der Waals surface area contributed by atoms with Crippen LogP contribution in [-0.4, -0.2) is 42.1 Å². The number of methoxy groups -OCH3 is 2.